The first-order valence-electron chi connectivity index (χ1n) is 6.30. The number of halogens is 1. The maximum Gasteiger partial charge on any atom is 0.287 e. The SMILES string of the molecule is CC(C)(C)C1CC(=O)N(S(=O)(=O)c2ncccc2F)C1. The Morgan fingerprint density at radius 1 is 1.40 bits per heavy atom. The van der Waals surface area contributed by atoms with Crippen LogP contribution in [-0.2, 0) is 14.8 Å². The maximum atomic E-state index is 13.6. The third-order valence-corrected chi connectivity index (χ3v) is 5.29. The molecule has 0 aliphatic carbocycles. The van der Waals surface area contributed by atoms with E-state index in [2.05, 4.69) is 4.98 Å². The Morgan fingerprint density at radius 3 is 2.55 bits per heavy atom. The van der Waals surface area contributed by atoms with Crippen molar-refractivity contribution in [3.8, 4) is 0 Å². The van der Waals surface area contributed by atoms with Crippen LogP contribution >= 0.6 is 0 Å². The van der Waals surface area contributed by atoms with Crippen molar-refractivity contribution in [3.05, 3.63) is 24.1 Å². The van der Waals surface area contributed by atoms with Crippen LogP contribution in [0, 0.1) is 17.2 Å². The Morgan fingerprint density at radius 2 is 2.05 bits per heavy atom. The molecule has 7 heteroatoms. The van der Waals surface area contributed by atoms with Gasteiger partial charge in [0.1, 0.15) is 0 Å². The van der Waals surface area contributed by atoms with Gasteiger partial charge in [-0.25, -0.2) is 13.7 Å². The minimum absolute atomic E-state index is 0.0701. The van der Waals surface area contributed by atoms with Crippen molar-refractivity contribution in [3.63, 3.8) is 0 Å². The molecule has 0 saturated carbocycles. The van der Waals surface area contributed by atoms with Gasteiger partial charge in [-0.15, -0.1) is 0 Å². The zero-order valence-electron chi connectivity index (χ0n) is 11.6. The summed E-state index contributed by atoms with van der Waals surface area (Å²) in [4.78, 5) is 15.5. The molecule has 2 heterocycles. The highest BCUT2D eigenvalue weighted by Crippen LogP contribution is 2.36. The predicted octanol–water partition coefficient (Wildman–Crippen LogP) is 1.80. The first-order valence-corrected chi connectivity index (χ1v) is 7.74. The fourth-order valence-electron chi connectivity index (χ4n) is 2.16. The third kappa shape index (κ3) is 2.54. The number of nitrogens with zero attached hydrogens (tertiary/aromatic N) is 2. The van der Waals surface area contributed by atoms with Gasteiger partial charge in [-0.1, -0.05) is 20.8 Å². The topological polar surface area (TPSA) is 67.3 Å². The largest absolute Gasteiger partial charge is 0.287 e. The van der Waals surface area contributed by atoms with Crippen LogP contribution < -0.4 is 0 Å². The molecule has 1 unspecified atom stereocenters. The summed E-state index contributed by atoms with van der Waals surface area (Å²) in [5.41, 5.74) is -0.192. The molecule has 20 heavy (non-hydrogen) atoms. The van der Waals surface area contributed by atoms with Crippen LogP contribution in [0.15, 0.2) is 23.4 Å². The van der Waals surface area contributed by atoms with Gasteiger partial charge in [0, 0.05) is 19.2 Å². The molecule has 1 aromatic heterocycles. The molecule has 110 valence electrons. The lowest BCUT2D eigenvalue weighted by Gasteiger charge is -2.26. The summed E-state index contributed by atoms with van der Waals surface area (Å²) in [6, 6.07) is 2.32. The van der Waals surface area contributed by atoms with E-state index < -0.39 is 26.8 Å². The Bertz CT molecular complexity index is 637. The van der Waals surface area contributed by atoms with E-state index >= 15 is 0 Å². The number of hydrogen-bond donors (Lipinski definition) is 0. The van der Waals surface area contributed by atoms with Gasteiger partial charge in [0.15, 0.2) is 5.82 Å². The number of carbonyl (C=O) groups is 1. The van der Waals surface area contributed by atoms with E-state index in [0.717, 1.165) is 10.4 Å². The van der Waals surface area contributed by atoms with Crippen molar-refractivity contribution < 1.29 is 17.6 Å². The molecule has 5 nitrogen and oxygen atoms in total. The second-order valence-corrected chi connectivity index (χ2v) is 7.76. The van der Waals surface area contributed by atoms with Crippen molar-refractivity contribution in [1.82, 2.24) is 9.29 Å². The number of carbonyl (C=O) groups excluding carboxylic acids is 1. The first kappa shape index (κ1) is 14.9. The molecular formula is C13H17FN2O3S. The van der Waals surface area contributed by atoms with E-state index in [9.17, 15) is 17.6 Å². The molecule has 0 spiro atoms. The van der Waals surface area contributed by atoms with Crippen LogP contribution in [0.3, 0.4) is 0 Å². The minimum atomic E-state index is -4.21. The summed E-state index contributed by atoms with van der Waals surface area (Å²) >= 11 is 0. The van der Waals surface area contributed by atoms with Crippen LogP contribution in [0.1, 0.15) is 27.2 Å². The summed E-state index contributed by atoms with van der Waals surface area (Å²) in [6.45, 7) is 5.91. The normalized spacial score (nSPS) is 20.5. The predicted molar refractivity (Wildman–Crippen MR) is 70.7 cm³/mol. The fourth-order valence-corrected chi connectivity index (χ4v) is 3.59. The molecule has 1 atom stereocenters. The van der Waals surface area contributed by atoms with Crippen molar-refractivity contribution in [1.29, 1.82) is 0 Å². The lowest BCUT2D eigenvalue weighted by molar-refractivity contribution is -0.123. The molecule has 1 aliphatic heterocycles. The summed E-state index contributed by atoms with van der Waals surface area (Å²) in [7, 11) is -4.21. The number of sulfonamides is 1. The van der Waals surface area contributed by atoms with Crippen molar-refractivity contribution >= 4 is 15.9 Å². The van der Waals surface area contributed by atoms with E-state index in [1.807, 2.05) is 20.8 Å². The van der Waals surface area contributed by atoms with Crippen molar-refractivity contribution in [2.45, 2.75) is 32.2 Å². The number of pyridine rings is 1. The summed E-state index contributed by atoms with van der Waals surface area (Å²) in [6.07, 6.45) is 1.34. The van der Waals surface area contributed by atoms with Crippen molar-refractivity contribution in [2.75, 3.05) is 6.54 Å². The second kappa shape index (κ2) is 4.80. The van der Waals surface area contributed by atoms with Gasteiger partial charge in [0.25, 0.3) is 10.0 Å². The van der Waals surface area contributed by atoms with E-state index in [1.165, 1.54) is 12.3 Å². The Labute approximate surface area is 117 Å². The minimum Gasteiger partial charge on any atom is -0.274 e. The summed E-state index contributed by atoms with van der Waals surface area (Å²) < 4.78 is 39.0. The molecule has 1 aliphatic rings. The highest BCUT2D eigenvalue weighted by atomic mass is 32.2. The van der Waals surface area contributed by atoms with Gasteiger partial charge >= 0.3 is 0 Å². The van der Waals surface area contributed by atoms with Gasteiger partial charge in [0.05, 0.1) is 0 Å². The smallest absolute Gasteiger partial charge is 0.274 e. The number of hydrogen-bond acceptors (Lipinski definition) is 4. The van der Waals surface area contributed by atoms with Gasteiger partial charge in [-0.2, -0.15) is 8.42 Å². The molecule has 1 aromatic rings. The molecule has 0 aromatic carbocycles. The molecule has 0 radical (unpaired) electrons. The maximum absolute atomic E-state index is 13.6. The average Bonchev–Trinajstić information content (AvgIpc) is 2.72. The van der Waals surface area contributed by atoms with Crippen LogP contribution in [0.25, 0.3) is 0 Å². The van der Waals surface area contributed by atoms with Crippen molar-refractivity contribution in [2.24, 2.45) is 11.3 Å². The Balaban J connectivity index is 2.37. The van der Waals surface area contributed by atoms with Gasteiger partial charge in [0.2, 0.25) is 10.9 Å². The molecule has 1 fully saturated rings. The number of rotatable bonds is 2. The molecule has 0 N–H and O–H groups in total. The van der Waals surface area contributed by atoms with E-state index in [-0.39, 0.29) is 24.3 Å². The molecule has 0 bridgehead atoms. The first-order chi connectivity index (χ1) is 9.14. The standard InChI is InChI=1S/C13H17FN2O3S/c1-13(2,3)9-7-11(17)16(8-9)20(18,19)12-10(14)5-4-6-15-12/h4-6,9H,7-8H2,1-3H3. The molecular weight excluding hydrogens is 283 g/mol. The fraction of sp³-hybridized carbons (Fsp3) is 0.538. The molecule has 2 rings (SSSR count). The monoisotopic (exact) mass is 300 g/mol. The third-order valence-electron chi connectivity index (χ3n) is 3.57. The van der Waals surface area contributed by atoms with Gasteiger partial charge < -0.3 is 0 Å². The Hall–Kier alpha value is -1.50. The highest BCUT2D eigenvalue weighted by molar-refractivity contribution is 7.89. The van der Waals surface area contributed by atoms with Gasteiger partial charge in [-0.3, -0.25) is 4.79 Å². The lowest BCUT2D eigenvalue weighted by atomic mass is 9.80. The lowest BCUT2D eigenvalue weighted by Crippen LogP contribution is -2.34. The number of aromatic nitrogens is 1. The average molecular weight is 300 g/mol. The van der Waals surface area contributed by atoms with Crippen LogP contribution in [0.2, 0.25) is 0 Å². The van der Waals surface area contributed by atoms with E-state index in [4.69, 9.17) is 0 Å². The number of amides is 1. The zero-order valence-corrected chi connectivity index (χ0v) is 12.4. The summed E-state index contributed by atoms with van der Waals surface area (Å²) in [5, 5.41) is -0.692. The quantitative estimate of drug-likeness (QED) is 0.835. The van der Waals surface area contributed by atoms with E-state index in [0.29, 0.717) is 0 Å². The highest BCUT2D eigenvalue weighted by Gasteiger charge is 2.43. The summed E-state index contributed by atoms with van der Waals surface area (Å²) in [5.74, 6) is -1.54. The van der Waals surface area contributed by atoms with Gasteiger partial charge in [-0.05, 0) is 23.5 Å². The van der Waals surface area contributed by atoms with Crippen LogP contribution in [-0.4, -0.2) is 30.2 Å². The second-order valence-electron chi connectivity index (χ2n) is 5.99. The molecule has 1 saturated heterocycles. The molecule has 1 amide bonds. The Kier molecular flexibility index (Phi) is 3.58. The van der Waals surface area contributed by atoms with Crippen LogP contribution in [0.4, 0.5) is 4.39 Å². The zero-order chi connectivity index (χ0) is 15.1. The van der Waals surface area contributed by atoms with E-state index in [1.54, 1.807) is 0 Å². The van der Waals surface area contributed by atoms with Crippen LogP contribution in [0.5, 0.6) is 0 Å².